The van der Waals surface area contributed by atoms with Gasteiger partial charge in [-0.25, -0.2) is 0 Å². The fourth-order valence-electron chi connectivity index (χ4n) is 1.65. The maximum Gasteiger partial charge on any atom is 0.308 e. The molecule has 2 N–H and O–H groups in total. The normalized spacial score (nSPS) is 16.6. The third-order valence-corrected chi connectivity index (χ3v) is 2.49. The van der Waals surface area contributed by atoms with Crippen LogP contribution in [0.15, 0.2) is 65.8 Å². The number of hydrogen-bond acceptors (Lipinski definition) is 4. The van der Waals surface area contributed by atoms with Crippen molar-refractivity contribution in [1.29, 1.82) is 0 Å². The summed E-state index contributed by atoms with van der Waals surface area (Å²) in [4.78, 5) is 11.0. The SMILES string of the molecule is CC(=O)OC1=CC=C(N)CC1=COc1ccccc1. The van der Waals surface area contributed by atoms with Crippen LogP contribution in [0.3, 0.4) is 0 Å². The Labute approximate surface area is 111 Å². The Morgan fingerprint density at radius 1 is 1.26 bits per heavy atom. The van der Waals surface area contributed by atoms with Crippen LogP contribution in [0.4, 0.5) is 0 Å². The van der Waals surface area contributed by atoms with E-state index < -0.39 is 0 Å². The summed E-state index contributed by atoms with van der Waals surface area (Å²) in [6.45, 7) is 1.36. The molecule has 4 nitrogen and oxygen atoms in total. The van der Waals surface area contributed by atoms with Gasteiger partial charge in [-0.15, -0.1) is 0 Å². The average molecular weight is 257 g/mol. The lowest BCUT2D eigenvalue weighted by atomic mass is 10.0. The number of carbonyl (C=O) groups excluding carboxylic acids is 1. The molecule has 0 radical (unpaired) electrons. The fraction of sp³-hybridized carbons (Fsp3) is 0.133. The van der Waals surface area contributed by atoms with Gasteiger partial charge in [-0.1, -0.05) is 18.2 Å². The van der Waals surface area contributed by atoms with E-state index in [2.05, 4.69) is 0 Å². The number of allylic oxidation sites excluding steroid dienone is 4. The number of ether oxygens (including phenoxy) is 2. The molecule has 0 aliphatic heterocycles. The lowest BCUT2D eigenvalue weighted by Gasteiger charge is -2.15. The standard InChI is InChI=1S/C15H15NO3/c1-11(17)19-15-8-7-13(16)9-12(15)10-18-14-5-3-2-4-6-14/h2-8,10H,9,16H2,1H3. The monoisotopic (exact) mass is 257 g/mol. The first-order valence-electron chi connectivity index (χ1n) is 5.91. The Bertz CT molecular complexity index is 556. The van der Waals surface area contributed by atoms with Crippen LogP contribution in [0, 0.1) is 0 Å². The molecule has 0 saturated carbocycles. The minimum atomic E-state index is -0.370. The molecule has 4 heteroatoms. The molecular formula is C15H15NO3. The second-order valence-electron chi connectivity index (χ2n) is 4.12. The van der Waals surface area contributed by atoms with Gasteiger partial charge in [0.2, 0.25) is 0 Å². The molecule has 0 spiro atoms. The summed E-state index contributed by atoms with van der Waals surface area (Å²) in [6.07, 6.45) is 5.44. The zero-order chi connectivity index (χ0) is 13.7. The molecule has 0 saturated heterocycles. The van der Waals surface area contributed by atoms with Crippen molar-refractivity contribution in [2.75, 3.05) is 0 Å². The van der Waals surface area contributed by atoms with Gasteiger partial charge in [-0.2, -0.15) is 0 Å². The van der Waals surface area contributed by atoms with Crippen LogP contribution in [0.25, 0.3) is 0 Å². The second kappa shape index (κ2) is 5.91. The molecule has 0 heterocycles. The van der Waals surface area contributed by atoms with Crippen LogP contribution in [-0.4, -0.2) is 5.97 Å². The van der Waals surface area contributed by atoms with Crippen LogP contribution < -0.4 is 10.5 Å². The van der Waals surface area contributed by atoms with E-state index in [1.165, 1.54) is 6.92 Å². The van der Waals surface area contributed by atoms with Crippen LogP contribution >= 0.6 is 0 Å². The van der Waals surface area contributed by atoms with E-state index in [1.54, 1.807) is 18.4 Å². The summed E-state index contributed by atoms with van der Waals surface area (Å²) < 4.78 is 10.6. The number of benzene rings is 1. The molecule has 19 heavy (non-hydrogen) atoms. The van der Waals surface area contributed by atoms with Gasteiger partial charge in [0.05, 0.1) is 6.26 Å². The van der Waals surface area contributed by atoms with E-state index in [4.69, 9.17) is 15.2 Å². The Morgan fingerprint density at radius 2 is 2.00 bits per heavy atom. The van der Waals surface area contributed by atoms with Crippen molar-refractivity contribution in [2.24, 2.45) is 5.73 Å². The number of hydrogen-bond donors (Lipinski definition) is 1. The number of esters is 1. The molecule has 0 fully saturated rings. The molecule has 0 atom stereocenters. The van der Waals surface area contributed by atoms with Crippen molar-refractivity contribution >= 4 is 5.97 Å². The molecule has 98 valence electrons. The molecule has 1 aromatic rings. The Hall–Kier alpha value is -2.49. The van der Waals surface area contributed by atoms with E-state index in [0.717, 1.165) is 5.57 Å². The van der Waals surface area contributed by atoms with E-state index in [1.807, 2.05) is 30.3 Å². The maximum absolute atomic E-state index is 11.0. The minimum absolute atomic E-state index is 0.370. The number of nitrogens with two attached hydrogens (primary N) is 1. The molecular weight excluding hydrogens is 242 g/mol. The molecule has 1 aromatic carbocycles. The maximum atomic E-state index is 11.0. The molecule has 1 aliphatic rings. The molecule has 0 amide bonds. The first-order chi connectivity index (χ1) is 9.15. The second-order valence-corrected chi connectivity index (χ2v) is 4.12. The van der Waals surface area contributed by atoms with Gasteiger partial charge in [0.15, 0.2) is 0 Å². The smallest absolute Gasteiger partial charge is 0.308 e. The Morgan fingerprint density at radius 3 is 2.68 bits per heavy atom. The van der Waals surface area contributed by atoms with Gasteiger partial charge in [0.25, 0.3) is 0 Å². The third-order valence-electron chi connectivity index (χ3n) is 2.49. The predicted octanol–water partition coefficient (Wildman–Crippen LogP) is 2.64. The van der Waals surface area contributed by atoms with Crippen LogP contribution in [0.2, 0.25) is 0 Å². The number of para-hydroxylation sites is 1. The quantitative estimate of drug-likeness (QED) is 0.668. The number of carbonyl (C=O) groups is 1. The van der Waals surface area contributed by atoms with Crippen molar-refractivity contribution in [1.82, 2.24) is 0 Å². The van der Waals surface area contributed by atoms with Gasteiger partial charge in [0, 0.05) is 24.6 Å². The summed E-state index contributed by atoms with van der Waals surface area (Å²) in [5.74, 6) is 0.814. The highest BCUT2D eigenvalue weighted by Gasteiger charge is 2.14. The Balaban J connectivity index is 2.15. The van der Waals surface area contributed by atoms with Gasteiger partial charge in [-0.3, -0.25) is 4.79 Å². The van der Waals surface area contributed by atoms with E-state index in [-0.39, 0.29) is 5.97 Å². The molecule has 1 aliphatic carbocycles. The van der Waals surface area contributed by atoms with Crippen LogP contribution in [0.1, 0.15) is 13.3 Å². The van der Waals surface area contributed by atoms with E-state index >= 15 is 0 Å². The van der Waals surface area contributed by atoms with Crippen molar-refractivity contribution < 1.29 is 14.3 Å². The first kappa shape index (κ1) is 13.0. The van der Waals surface area contributed by atoms with Gasteiger partial charge < -0.3 is 15.2 Å². The summed E-state index contributed by atoms with van der Waals surface area (Å²) in [5, 5.41) is 0. The van der Waals surface area contributed by atoms with Crippen molar-refractivity contribution in [3.63, 3.8) is 0 Å². The fourth-order valence-corrected chi connectivity index (χ4v) is 1.65. The molecule has 2 rings (SSSR count). The first-order valence-corrected chi connectivity index (χ1v) is 5.91. The van der Waals surface area contributed by atoms with Crippen LogP contribution in [-0.2, 0) is 9.53 Å². The third kappa shape index (κ3) is 3.74. The van der Waals surface area contributed by atoms with Crippen LogP contribution in [0.5, 0.6) is 5.75 Å². The van der Waals surface area contributed by atoms with Crippen molar-refractivity contribution in [3.8, 4) is 5.75 Å². The highest BCUT2D eigenvalue weighted by Crippen LogP contribution is 2.24. The average Bonchev–Trinajstić information content (AvgIpc) is 2.40. The van der Waals surface area contributed by atoms with Gasteiger partial charge >= 0.3 is 5.97 Å². The lowest BCUT2D eigenvalue weighted by molar-refractivity contribution is -0.136. The zero-order valence-electron chi connectivity index (χ0n) is 10.6. The minimum Gasteiger partial charge on any atom is -0.465 e. The lowest BCUT2D eigenvalue weighted by Crippen LogP contribution is -2.10. The molecule has 0 aromatic heterocycles. The summed E-state index contributed by atoms with van der Waals surface area (Å²) in [6, 6.07) is 9.35. The summed E-state index contributed by atoms with van der Waals surface area (Å²) in [7, 11) is 0. The highest BCUT2D eigenvalue weighted by molar-refractivity contribution is 5.68. The zero-order valence-corrected chi connectivity index (χ0v) is 10.6. The largest absolute Gasteiger partial charge is 0.465 e. The van der Waals surface area contributed by atoms with Gasteiger partial charge in [0.1, 0.15) is 11.5 Å². The molecule has 0 unspecified atom stereocenters. The number of rotatable bonds is 3. The predicted molar refractivity (Wildman–Crippen MR) is 71.9 cm³/mol. The van der Waals surface area contributed by atoms with E-state index in [0.29, 0.717) is 23.6 Å². The van der Waals surface area contributed by atoms with E-state index in [9.17, 15) is 4.79 Å². The van der Waals surface area contributed by atoms with Crippen molar-refractivity contribution in [3.05, 3.63) is 65.8 Å². The van der Waals surface area contributed by atoms with Crippen molar-refractivity contribution in [2.45, 2.75) is 13.3 Å². The topological polar surface area (TPSA) is 61.5 Å². The summed E-state index contributed by atoms with van der Waals surface area (Å²) in [5.41, 5.74) is 7.20. The summed E-state index contributed by atoms with van der Waals surface area (Å²) >= 11 is 0. The highest BCUT2D eigenvalue weighted by atomic mass is 16.5. The molecule has 0 bridgehead atoms. The van der Waals surface area contributed by atoms with Gasteiger partial charge in [-0.05, 0) is 24.3 Å². The Kier molecular flexibility index (Phi) is 4.03.